The Hall–Kier alpha value is -0.870. The van der Waals surface area contributed by atoms with Crippen LogP contribution < -0.4 is 10.6 Å². The molecule has 0 aliphatic carbocycles. The molecule has 1 heterocycles. The fraction of sp³-hybridized carbons (Fsp3) is 0.667. The maximum Gasteiger partial charge on any atom is 0.227 e. The number of carbonyl (C=O) groups is 1. The second-order valence-electron chi connectivity index (χ2n) is 3.07. The number of hydrogen-bond donors (Lipinski definition) is 2. The van der Waals surface area contributed by atoms with E-state index in [0.717, 1.165) is 0 Å². The Kier molecular flexibility index (Phi) is 3.92. The summed E-state index contributed by atoms with van der Waals surface area (Å²) in [6.07, 6.45) is 1.67. The predicted octanol–water partition coefficient (Wildman–Crippen LogP) is -0.477. The first kappa shape index (κ1) is 10.2. The van der Waals surface area contributed by atoms with Gasteiger partial charge in [0.05, 0.1) is 19.1 Å². The third kappa shape index (κ3) is 2.54. The fourth-order valence-electron chi connectivity index (χ4n) is 1.40. The molecule has 1 aliphatic heterocycles. The van der Waals surface area contributed by atoms with Gasteiger partial charge in [0.2, 0.25) is 5.91 Å². The highest BCUT2D eigenvalue weighted by molar-refractivity contribution is 5.80. The number of amides is 1. The molecule has 13 heavy (non-hydrogen) atoms. The van der Waals surface area contributed by atoms with Gasteiger partial charge in [-0.1, -0.05) is 6.08 Å². The Morgan fingerprint density at radius 3 is 3.08 bits per heavy atom. The molecule has 2 N–H and O–H groups in total. The molecular weight excluding hydrogens is 168 g/mol. The molecule has 2 atom stereocenters. The standard InChI is InChI=1S/C9H16N2O2/c1-3-4-11-9(12)7-5-13-6-8(7)10-2/h3,7-8,10H,1,4-6H2,2H3,(H,11,12). The van der Waals surface area contributed by atoms with Crippen LogP contribution in [0.4, 0.5) is 0 Å². The van der Waals surface area contributed by atoms with Gasteiger partial charge in [-0.2, -0.15) is 0 Å². The summed E-state index contributed by atoms with van der Waals surface area (Å²) in [4.78, 5) is 11.5. The molecule has 0 aromatic rings. The Morgan fingerprint density at radius 2 is 2.46 bits per heavy atom. The molecule has 1 rings (SSSR count). The SMILES string of the molecule is C=CCNC(=O)C1COCC1NC. The molecule has 0 aromatic heterocycles. The van der Waals surface area contributed by atoms with E-state index in [9.17, 15) is 4.79 Å². The number of nitrogens with one attached hydrogen (secondary N) is 2. The van der Waals surface area contributed by atoms with E-state index in [0.29, 0.717) is 19.8 Å². The zero-order valence-electron chi connectivity index (χ0n) is 7.88. The first-order valence-corrected chi connectivity index (χ1v) is 4.43. The molecule has 0 radical (unpaired) electrons. The molecule has 74 valence electrons. The summed E-state index contributed by atoms with van der Waals surface area (Å²) in [5.74, 6) is -0.0262. The molecule has 0 bridgehead atoms. The Labute approximate surface area is 78.3 Å². The van der Waals surface area contributed by atoms with Crippen molar-refractivity contribution in [1.29, 1.82) is 0 Å². The van der Waals surface area contributed by atoms with E-state index in [4.69, 9.17) is 4.74 Å². The highest BCUT2D eigenvalue weighted by Crippen LogP contribution is 2.12. The molecule has 4 heteroatoms. The fourth-order valence-corrected chi connectivity index (χ4v) is 1.40. The van der Waals surface area contributed by atoms with Crippen LogP contribution in [0.15, 0.2) is 12.7 Å². The van der Waals surface area contributed by atoms with E-state index in [2.05, 4.69) is 17.2 Å². The topological polar surface area (TPSA) is 50.4 Å². The van der Waals surface area contributed by atoms with Crippen molar-refractivity contribution in [3.8, 4) is 0 Å². The lowest BCUT2D eigenvalue weighted by Gasteiger charge is -2.15. The number of carbonyl (C=O) groups excluding carboxylic acids is 1. The number of hydrogen-bond acceptors (Lipinski definition) is 3. The van der Waals surface area contributed by atoms with Crippen molar-refractivity contribution in [3.05, 3.63) is 12.7 Å². The Bertz CT molecular complexity index is 194. The van der Waals surface area contributed by atoms with Crippen molar-refractivity contribution in [2.45, 2.75) is 6.04 Å². The monoisotopic (exact) mass is 184 g/mol. The van der Waals surface area contributed by atoms with E-state index in [1.54, 1.807) is 6.08 Å². The summed E-state index contributed by atoms with van der Waals surface area (Å²) in [5.41, 5.74) is 0. The maximum atomic E-state index is 11.5. The van der Waals surface area contributed by atoms with Gasteiger partial charge >= 0.3 is 0 Å². The predicted molar refractivity (Wildman–Crippen MR) is 50.4 cm³/mol. The van der Waals surface area contributed by atoms with Gasteiger partial charge in [-0.3, -0.25) is 4.79 Å². The van der Waals surface area contributed by atoms with Gasteiger partial charge in [0.25, 0.3) is 0 Å². The van der Waals surface area contributed by atoms with Crippen LogP contribution in [0.2, 0.25) is 0 Å². The molecule has 2 unspecified atom stereocenters. The van der Waals surface area contributed by atoms with Gasteiger partial charge in [-0.05, 0) is 7.05 Å². The van der Waals surface area contributed by atoms with Crippen molar-refractivity contribution in [2.75, 3.05) is 26.8 Å². The Morgan fingerprint density at radius 1 is 1.69 bits per heavy atom. The highest BCUT2D eigenvalue weighted by Gasteiger charge is 2.32. The van der Waals surface area contributed by atoms with Crippen LogP contribution in [0.25, 0.3) is 0 Å². The van der Waals surface area contributed by atoms with E-state index < -0.39 is 0 Å². The minimum Gasteiger partial charge on any atom is -0.379 e. The second kappa shape index (κ2) is 4.99. The third-order valence-electron chi connectivity index (χ3n) is 2.21. The van der Waals surface area contributed by atoms with Crippen molar-refractivity contribution in [2.24, 2.45) is 5.92 Å². The molecule has 4 nitrogen and oxygen atoms in total. The number of ether oxygens (including phenoxy) is 1. The summed E-state index contributed by atoms with van der Waals surface area (Å²) < 4.78 is 5.21. The minimum absolute atomic E-state index is 0.0387. The van der Waals surface area contributed by atoms with Crippen LogP contribution in [-0.4, -0.2) is 38.8 Å². The lowest BCUT2D eigenvalue weighted by Crippen LogP contribution is -2.42. The lowest BCUT2D eigenvalue weighted by atomic mass is 10.0. The average molecular weight is 184 g/mol. The molecule has 1 amide bonds. The van der Waals surface area contributed by atoms with E-state index in [-0.39, 0.29) is 17.9 Å². The summed E-state index contributed by atoms with van der Waals surface area (Å²) in [5, 5.41) is 5.82. The van der Waals surface area contributed by atoms with Crippen LogP contribution >= 0.6 is 0 Å². The average Bonchev–Trinajstić information content (AvgIpc) is 2.61. The van der Waals surface area contributed by atoms with Crippen molar-refractivity contribution < 1.29 is 9.53 Å². The van der Waals surface area contributed by atoms with Gasteiger partial charge in [0, 0.05) is 12.6 Å². The quantitative estimate of drug-likeness (QED) is 0.580. The first-order valence-electron chi connectivity index (χ1n) is 4.43. The second-order valence-corrected chi connectivity index (χ2v) is 3.07. The van der Waals surface area contributed by atoms with E-state index in [1.807, 2.05) is 7.05 Å². The summed E-state index contributed by atoms with van der Waals surface area (Å²) in [6.45, 7) is 5.18. The van der Waals surface area contributed by atoms with Crippen LogP contribution in [0.3, 0.4) is 0 Å². The molecule has 0 saturated carbocycles. The zero-order valence-corrected chi connectivity index (χ0v) is 7.88. The van der Waals surface area contributed by atoms with Crippen LogP contribution in [0, 0.1) is 5.92 Å². The first-order chi connectivity index (χ1) is 6.29. The zero-order chi connectivity index (χ0) is 9.68. The van der Waals surface area contributed by atoms with Crippen molar-refractivity contribution in [3.63, 3.8) is 0 Å². The lowest BCUT2D eigenvalue weighted by molar-refractivity contribution is -0.125. The largest absolute Gasteiger partial charge is 0.379 e. The Balaban J connectivity index is 2.40. The summed E-state index contributed by atoms with van der Waals surface area (Å²) in [6, 6.07) is 0.143. The summed E-state index contributed by atoms with van der Waals surface area (Å²) >= 11 is 0. The molecular formula is C9H16N2O2. The van der Waals surface area contributed by atoms with Gasteiger partial charge in [0.1, 0.15) is 0 Å². The van der Waals surface area contributed by atoms with Crippen LogP contribution in [0.5, 0.6) is 0 Å². The minimum atomic E-state index is -0.0649. The molecule has 1 aliphatic rings. The maximum absolute atomic E-state index is 11.5. The molecule has 0 aromatic carbocycles. The van der Waals surface area contributed by atoms with Gasteiger partial charge in [-0.25, -0.2) is 0 Å². The third-order valence-corrected chi connectivity index (χ3v) is 2.21. The smallest absolute Gasteiger partial charge is 0.227 e. The molecule has 1 fully saturated rings. The van der Waals surface area contributed by atoms with E-state index >= 15 is 0 Å². The van der Waals surface area contributed by atoms with Crippen LogP contribution in [0.1, 0.15) is 0 Å². The van der Waals surface area contributed by atoms with E-state index in [1.165, 1.54) is 0 Å². The normalized spacial score (nSPS) is 27.2. The van der Waals surface area contributed by atoms with Gasteiger partial charge in [-0.15, -0.1) is 6.58 Å². The summed E-state index contributed by atoms with van der Waals surface area (Å²) in [7, 11) is 1.84. The van der Waals surface area contributed by atoms with Gasteiger partial charge < -0.3 is 15.4 Å². The molecule has 0 spiro atoms. The number of rotatable bonds is 4. The molecule has 1 saturated heterocycles. The highest BCUT2D eigenvalue weighted by atomic mass is 16.5. The van der Waals surface area contributed by atoms with Crippen molar-refractivity contribution >= 4 is 5.91 Å². The number of likely N-dealkylation sites (N-methyl/N-ethyl adjacent to an activating group) is 1. The van der Waals surface area contributed by atoms with Crippen LogP contribution in [-0.2, 0) is 9.53 Å². The van der Waals surface area contributed by atoms with Gasteiger partial charge in [0.15, 0.2) is 0 Å². The van der Waals surface area contributed by atoms with Crippen molar-refractivity contribution in [1.82, 2.24) is 10.6 Å².